The quantitative estimate of drug-likeness (QED) is 0.752. The second kappa shape index (κ2) is 3.68. The van der Waals surface area contributed by atoms with E-state index in [1.54, 1.807) is 0 Å². The lowest BCUT2D eigenvalue weighted by Crippen LogP contribution is -2.25. The van der Waals surface area contributed by atoms with Gasteiger partial charge >= 0.3 is 0 Å². The number of benzene rings is 1. The first-order valence-electron chi connectivity index (χ1n) is 5.52. The monoisotopic (exact) mass is 212 g/mol. The second-order valence-electron chi connectivity index (χ2n) is 4.65. The summed E-state index contributed by atoms with van der Waals surface area (Å²) in [4.78, 5) is 2.17. The van der Waals surface area contributed by atoms with Crippen molar-refractivity contribution in [3.8, 4) is 6.07 Å². The molecule has 1 heterocycles. The van der Waals surface area contributed by atoms with Crippen LogP contribution in [0.2, 0.25) is 0 Å². The normalized spacial score (nSPS) is 17.1. The van der Waals surface area contributed by atoms with Crippen LogP contribution in [0.5, 0.6) is 0 Å². The molecular formula is C14H16N2. The summed E-state index contributed by atoms with van der Waals surface area (Å²) >= 11 is 0. The molecule has 0 aliphatic carbocycles. The molecule has 0 unspecified atom stereocenters. The fraction of sp³-hybridized carbons (Fsp3) is 0.357. The van der Waals surface area contributed by atoms with Gasteiger partial charge in [0.15, 0.2) is 0 Å². The zero-order valence-corrected chi connectivity index (χ0v) is 9.83. The van der Waals surface area contributed by atoms with Crippen molar-refractivity contribution in [3.63, 3.8) is 0 Å². The molecule has 2 rings (SSSR count). The van der Waals surface area contributed by atoms with Crippen molar-refractivity contribution in [1.29, 1.82) is 5.26 Å². The molecule has 0 spiro atoms. The van der Waals surface area contributed by atoms with E-state index in [1.807, 2.05) is 6.07 Å². The Balaban J connectivity index is 2.44. The number of nitrogens with zero attached hydrogens (tertiary/aromatic N) is 2. The van der Waals surface area contributed by atoms with E-state index in [1.165, 1.54) is 11.3 Å². The van der Waals surface area contributed by atoms with Gasteiger partial charge in [-0.25, -0.2) is 0 Å². The predicted molar refractivity (Wildman–Crippen MR) is 66.2 cm³/mol. The molecule has 0 N–H and O–H groups in total. The minimum Gasteiger partial charge on any atom is -0.344 e. The van der Waals surface area contributed by atoms with E-state index in [2.05, 4.69) is 49.6 Å². The van der Waals surface area contributed by atoms with Crippen molar-refractivity contribution >= 4 is 5.69 Å². The molecule has 0 aromatic heterocycles. The van der Waals surface area contributed by atoms with Gasteiger partial charge in [0.05, 0.1) is 12.5 Å². The molecule has 0 saturated carbocycles. The van der Waals surface area contributed by atoms with Crippen molar-refractivity contribution < 1.29 is 0 Å². The number of rotatable bonds is 2. The van der Waals surface area contributed by atoms with Gasteiger partial charge in [-0.05, 0) is 11.6 Å². The van der Waals surface area contributed by atoms with E-state index in [4.69, 9.17) is 5.26 Å². The zero-order chi connectivity index (χ0) is 11.8. The molecule has 0 saturated heterocycles. The number of allylic oxidation sites excluding steroid dienone is 1. The van der Waals surface area contributed by atoms with Crippen LogP contribution in [-0.2, 0) is 5.41 Å². The summed E-state index contributed by atoms with van der Waals surface area (Å²) in [6, 6.07) is 10.5. The first-order chi connectivity index (χ1) is 7.59. The molecule has 16 heavy (non-hydrogen) atoms. The topological polar surface area (TPSA) is 27.0 Å². The zero-order valence-electron chi connectivity index (χ0n) is 9.83. The fourth-order valence-electron chi connectivity index (χ4n) is 2.29. The minimum atomic E-state index is -0.0218. The second-order valence-corrected chi connectivity index (χ2v) is 4.65. The molecule has 1 aliphatic heterocycles. The third-order valence-electron chi connectivity index (χ3n) is 3.36. The van der Waals surface area contributed by atoms with Crippen LogP contribution in [0, 0.1) is 11.3 Å². The smallest absolute Gasteiger partial charge is 0.0640 e. The van der Waals surface area contributed by atoms with Crippen molar-refractivity contribution in [2.45, 2.75) is 25.7 Å². The standard InChI is InChI=1S/C14H16N2/c1-11-14(2,3)12-7-4-5-8-13(12)16(11)10-6-9-15/h4-5,7-8H,1,6,10H2,2-3H3. The molecule has 1 aromatic rings. The molecule has 1 aliphatic rings. The fourth-order valence-corrected chi connectivity index (χ4v) is 2.29. The lowest BCUT2D eigenvalue weighted by Gasteiger charge is -2.25. The van der Waals surface area contributed by atoms with Crippen LogP contribution in [0.1, 0.15) is 25.8 Å². The summed E-state index contributed by atoms with van der Waals surface area (Å²) in [5.41, 5.74) is 3.57. The Bertz CT molecular complexity index is 466. The van der Waals surface area contributed by atoms with Gasteiger partial charge in [-0.3, -0.25) is 0 Å². The van der Waals surface area contributed by atoms with Crippen molar-refractivity contribution in [2.24, 2.45) is 0 Å². The summed E-state index contributed by atoms with van der Waals surface area (Å²) < 4.78 is 0. The van der Waals surface area contributed by atoms with Crippen molar-refractivity contribution in [2.75, 3.05) is 11.4 Å². The third-order valence-corrected chi connectivity index (χ3v) is 3.36. The van der Waals surface area contributed by atoms with Gasteiger partial charge in [0, 0.05) is 23.3 Å². The maximum Gasteiger partial charge on any atom is 0.0640 e. The van der Waals surface area contributed by atoms with E-state index in [0.29, 0.717) is 6.42 Å². The van der Waals surface area contributed by atoms with Crippen molar-refractivity contribution in [1.82, 2.24) is 0 Å². The molecule has 0 radical (unpaired) electrons. The summed E-state index contributed by atoms with van der Waals surface area (Å²) in [7, 11) is 0. The average molecular weight is 212 g/mol. The van der Waals surface area contributed by atoms with Gasteiger partial charge in [-0.1, -0.05) is 38.6 Å². The van der Waals surface area contributed by atoms with E-state index >= 15 is 0 Å². The Morgan fingerprint density at radius 1 is 1.38 bits per heavy atom. The highest BCUT2D eigenvalue weighted by Gasteiger charge is 2.38. The van der Waals surface area contributed by atoms with E-state index < -0.39 is 0 Å². The summed E-state index contributed by atoms with van der Waals surface area (Å²) in [6.07, 6.45) is 0.531. The number of hydrogen-bond donors (Lipinski definition) is 0. The van der Waals surface area contributed by atoms with Gasteiger partial charge < -0.3 is 4.90 Å². The minimum absolute atomic E-state index is 0.0218. The van der Waals surface area contributed by atoms with Crippen LogP contribution >= 0.6 is 0 Å². The van der Waals surface area contributed by atoms with Crippen LogP contribution in [0.25, 0.3) is 0 Å². The van der Waals surface area contributed by atoms with Gasteiger partial charge in [0.1, 0.15) is 0 Å². The van der Waals surface area contributed by atoms with Gasteiger partial charge in [-0.2, -0.15) is 5.26 Å². The highest BCUT2D eigenvalue weighted by Crippen LogP contribution is 2.46. The number of anilines is 1. The average Bonchev–Trinajstić information content (AvgIpc) is 2.47. The highest BCUT2D eigenvalue weighted by molar-refractivity contribution is 5.69. The molecule has 0 fully saturated rings. The maximum atomic E-state index is 8.68. The van der Waals surface area contributed by atoms with Crippen LogP contribution in [0.3, 0.4) is 0 Å². The first kappa shape index (κ1) is 10.8. The number of nitriles is 1. The summed E-state index contributed by atoms with van der Waals surface area (Å²) in [5.74, 6) is 0. The van der Waals surface area contributed by atoms with Crippen LogP contribution in [0.4, 0.5) is 5.69 Å². The first-order valence-corrected chi connectivity index (χ1v) is 5.52. The van der Waals surface area contributed by atoms with Gasteiger partial charge in [0.25, 0.3) is 0 Å². The Morgan fingerprint density at radius 2 is 2.06 bits per heavy atom. The molecule has 2 heteroatoms. The molecule has 0 atom stereocenters. The molecular weight excluding hydrogens is 196 g/mol. The Hall–Kier alpha value is -1.75. The number of para-hydroxylation sites is 1. The lowest BCUT2D eigenvalue weighted by atomic mass is 9.84. The third kappa shape index (κ3) is 1.40. The molecule has 1 aromatic carbocycles. The lowest BCUT2D eigenvalue weighted by molar-refractivity contribution is 0.634. The Labute approximate surface area is 96.8 Å². The van der Waals surface area contributed by atoms with Crippen LogP contribution in [-0.4, -0.2) is 6.54 Å². The van der Waals surface area contributed by atoms with E-state index in [-0.39, 0.29) is 5.41 Å². The van der Waals surface area contributed by atoms with Crippen LogP contribution in [0.15, 0.2) is 36.5 Å². The van der Waals surface area contributed by atoms with Gasteiger partial charge in [0.2, 0.25) is 0 Å². The van der Waals surface area contributed by atoms with Crippen LogP contribution < -0.4 is 4.90 Å². The van der Waals surface area contributed by atoms with Gasteiger partial charge in [-0.15, -0.1) is 0 Å². The van der Waals surface area contributed by atoms with E-state index in [9.17, 15) is 0 Å². The van der Waals surface area contributed by atoms with E-state index in [0.717, 1.165) is 12.2 Å². The molecule has 2 nitrogen and oxygen atoms in total. The van der Waals surface area contributed by atoms with Crippen molar-refractivity contribution in [3.05, 3.63) is 42.1 Å². The summed E-state index contributed by atoms with van der Waals surface area (Å²) in [6.45, 7) is 9.27. The maximum absolute atomic E-state index is 8.68. The highest BCUT2D eigenvalue weighted by atomic mass is 15.2. The largest absolute Gasteiger partial charge is 0.344 e. The number of hydrogen-bond acceptors (Lipinski definition) is 2. The summed E-state index contributed by atoms with van der Waals surface area (Å²) in [5, 5.41) is 8.68. The molecule has 82 valence electrons. The number of fused-ring (bicyclic) bond motifs is 1. The molecule has 0 amide bonds. The predicted octanol–water partition coefficient (Wildman–Crippen LogP) is 3.21. The Morgan fingerprint density at radius 3 is 2.75 bits per heavy atom. The Kier molecular flexibility index (Phi) is 2.47. The molecule has 0 bridgehead atoms. The SMILES string of the molecule is C=C1N(CCC#N)c2ccccc2C1(C)C.